The number of carbonyl (C=O) groups excluding carboxylic acids is 1. The standard InChI is InChI=1S/C16H17N3OS/c1-4-16(3,10-17)19-15(20)13-5-6-14(18-11(13)2)12-7-8-21-9-12/h5-9H,4H2,1-3H3,(H,19,20)/t16-/m0/s1. The zero-order chi connectivity index (χ0) is 15.5. The molecule has 1 N–H and O–H groups in total. The third-order valence-corrected chi connectivity index (χ3v) is 4.17. The first-order chi connectivity index (χ1) is 9.99. The second-order valence-corrected chi connectivity index (χ2v) is 5.87. The number of nitrogens with zero attached hydrogens (tertiary/aromatic N) is 2. The third kappa shape index (κ3) is 3.29. The summed E-state index contributed by atoms with van der Waals surface area (Å²) in [4.78, 5) is 16.8. The van der Waals surface area contributed by atoms with Gasteiger partial charge in [-0.15, -0.1) is 0 Å². The van der Waals surface area contributed by atoms with Gasteiger partial charge in [-0.3, -0.25) is 9.78 Å². The van der Waals surface area contributed by atoms with Gasteiger partial charge in [-0.2, -0.15) is 16.6 Å². The van der Waals surface area contributed by atoms with E-state index in [9.17, 15) is 4.79 Å². The lowest BCUT2D eigenvalue weighted by Gasteiger charge is -2.21. The Morgan fingerprint density at radius 3 is 2.76 bits per heavy atom. The fourth-order valence-electron chi connectivity index (χ4n) is 1.89. The number of pyridine rings is 1. The molecule has 2 rings (SSSR count). The lowest BCUT2D eigenvalue weighted by Crippen LogP contribution is -2.44. The van der Waals surface area contributed by atoms with Gasteiger partial charge in [-0.05, 0) is 43.8 Å². The molecule has 0 saturated carbocycles. The minimum absolute atomic E-state index is 0.261. The van der Waals surface area contributed by atoms with E-state index >= 15 is 0 Å². The molecule has 0 saturated heterocycles. The Balaban J connectivity index is 2.26. The molecule has 2 aromatic rings. The second kappa shape index (κ2) is 6.06. The van der Waals surface area contributed by atoms with E-state index in [0.717, 1.165) is 11.3 Å². The minimum Gasteiger partial charge on any atom is -0.334 e. The molecule has 0 aromatic carbocycles. The Kier molecular flexibility index (Phi) is 4.39. The van der Waals surface area contributed by atoms with Crippen molar-refractivity contribution in [2.45, 2.75) is 32.7 Å². The normalized spacial score (nSPS) is 13.2. The number of hydrogen-bond acceptors (Lipinski definition) is 4. The van der Waals surface area contributed by atoms with Gasteiger partial charge in [0.25, 0.3) is 5.91 Å². The zero-order valence-electron chi connectivity index (χ0n) is 12.3. The first kappa shape index (κ1) is 15.2. The predicted octanol–water partition coefficient (Wildman–Crippen LogP) is 3.54. The number of amides is 1. The Bertz CT molecular complexity index is 688. The van der Waals surface area contributed by atoms with Crippen LogP contribution in [0.2, 0.25) is 0 Å². The number of nitrogens with one attached hydrogen (secondary N) is 1. The van der Waals surface area contributed by atoms with Crippen molar-refractivity contribution in [1.29, 1.82) is 5.26 Å². The van der Waals surface area contributed by atoms with E-state index in [0.29, 0.717) is 17.7 Å². The minimum atomic E-state index is -0.852. The Morgan fingerprint density at radius 2 is 2.24 bits per heavy atom. The van der Waals surface area contributed by atoms with Gasteiger partial charge in [0.15, 0.2) is 0 Å². The van der Waals surface area contributed by atoms with Crippen molar-refractivity contribution in [3.8, 4) is 17.3 Å². The molecule has 4 nitrogen and oxygen atoms in total. The molecule has 0 aliphatic carbocycles. The van der Waals surface area contributed by atoms with Gasteiger partial charge < -0.3 is 5.32 Å². The number of thiophene rings is 1. The molecule has 0 aliphatic heterocycles. The summed E-state index contributed by atoms with van der Waals surface area (Å²) < 4.78 is 0. The van der Waals surface area contributed by atoms with Crippen LogP contribution in [-0.2, 0) is 0 Å². The van der Waals surface area contributed by atoms with Gasteiger partial charge in [0.2, 0.25) is 0 Å². The first-order valence-electron chi connectivity index (χ1n) is 6.73. The summed E-state index contributed by atoms with van der Waals surface area (Å²) in [5, 5.41) is 15.9. The van der Waals surface area contributed by atoms with Crippen molar-refractivity contribution in [3.05, 3.63) is 40.2 Å². The van der Waals surface area contributed by atoms with Gasteiger partial charge in [0.05, 0.1) is 23.0 Å². The highest BCUT2D eigenvalue weighted by Gasteiger charge is 2.25. The van der Waals surface area contributed by atoms with Crippen LogP contribution in [0.1, 0.15) is 36.3 Å². The summed E-state index contributed by atoms with van der Waals surface area (Å²) in [5.74, 6) is -0.261. The van der Waals surface area contributed by atoms with Gasteiger partial charge in [-0.25, -0.2) is 0 Å². The maximum atomic E-state index is 12.3. The van der Waals surface area contributed by atoms with Crippen LogP contribution in [0.25, 0.3) is 11.3 Å². The van der Waals surface area contributed by atoms with Crippen molar-refractivity contribution in [1.82, 2.24) is 10.3 Å². The highest BCUT2D eigenvalue weighted by atomic mass is 32.1. The average Bonchev–Trinajstić information content (AvgIpc) is 3.01. The van der Waals surface area contributed by atoms with Crippen LogP contribution >= 0.6 is 11.3 Å². The largest absolute Gasteiger partial charge is 0.334 e. The third-order valence-electron chi connectivity index (χ3n) is 3.49. The van der Waals surface area contributed by atoms with E-state index in [2.05, 4.69) is 16.4 Å². The topological polar surface area (TPSA) is 65.8 Å². The predicted molar refractivity (Wildman–Crippen MR) is 84.1 cm³/mol. The molecule has 5 heteroatoms. The highest BCUT2D eigenvalue weighted by molar-refractivity contribution is 7.08. The van der Waals surface area contributed by atoms with Crippen molar-refractivity contribution >= 4 is 17.2 Å². The smallest absolute Gasteiger partial charge is 0.254 e. The summed E-state index contributed by atoms with van der Waals surface area (Å²) in [6, 6.07) is 7.72. The molecule has 0 aliphatic rings. The molecular formula is C16H17N3OS. The number of rotatable bonds is 4. The van der Waals surface area contributed by atoms with Crippen molar-refractivity contribution in [2.75, 3.05) is 0 Å². The summed E-state index contributed by atoms with van der Waals surface area (Å²) in [5.41, 5.74) is 2.21. The Hall–Kier alpha value is -2.19. The van der Waals surface area contributed by atoms with E-state index in [1.165, 1.54) is 0 Å². The van der Waals surface area contributed by atoms with Crippen LogP contribution in [0.3, 0.4) is 0 Å². The van der Waals surface area contributed by atoms with E-state index < -0.39 is 5.54 Å². The molecule has 0 spiro atoms. The fraction of sp³-hybridized carbons (Fsp3) is 0.312. The molecule has 2 aromatic heterocycles. The van der Waals surface area contributed by atoms with E-state index in [1.807, 2.05) is 29.8 Å². The van der Waals surface area contributed by atoms with Crippen LogP contribution in [0.5, 0.6) is 0 Å². The summed E-state index contributed by atoms with van der Waals surface area (Å²) >= 11 is 1.61. The Morgan fingerprint density at radius 1 is 1.48 bits per heavy atom. The highest BCUT2D eigenvalue weighted by Crippen LogP contribution is 2.21. The maximum Gasteiger partial charge on any atom is 0.254 e. The van der Waals surface area contributed by atoms with Crippen LogP contribution in [0.4, 0.5) is 0 Å². The molecular weight excluding hydrogens is 282 g/mol. The number of aryl methyl sites for hydroxylation is 1. The molecule has 2 heterocycles. The summed E-state index contributed by atoms with van der Waals surface area (Å²) in [7, 11) is 0. The monoisotopic (exact) mass is 299 g/mol. The molecule has 21 heavy (non-hydrogen) atoms. The number of nitriles is 1. The van der Waals surface area contributed by atoms with Crippen LogP contribution < -0.4 is 5.32 Å². The van der Waals surface area contributed by atoms with Crippen molar-refractivity contribution in [3.63, 3.8) is 0 Å². The van der Waals surface area contributed by atoms with Gasteiger partial charge in [-0.1, -0.05) is 6.92 Å². The van der Waals surface area contributed by atoms with E-state index in [-0.39, 0.29) is 5.91 Å². The first-order valence-corrected chi connectivity index (χ1v) is 7.67. The lowest BCUT2D eigenvalue weighted by atomic mass is 10.00. The van der Waals surface area contributed by atoms with Crippen molar-refractivity contribution in [2.24, 2.45) is 0 Å². The number of carbonyl (C=O) groups is 1. The van der Waals surface area contributed by atoms with E-state index in [4.69, 9.17) is 5.26 Å². The number of aromatic nitrogens is 1. The molecule has 108 valence electrons. The lowest BCUT2D eigenvalue weighted by molar-refractivity contribution is 0.0922. The SMILES string of the molecule is CC[C@@](C)(C#N)NC(=O)c1ccc(-c2ccsc2)nc1C. The quantitative estimate of drug-likeness (QED) is 0.939. The van der Waals surface area contributed by atoms with Crippen LogP contribution in [-0.4, -0.2) is 16.4 Å². The van der Waals surface area contributed by atoms with Gasteiger partial charge >= 0.3 is 0 Å². The number of hydrogen-bond donors (Lipinski definition) is 1. The molecule has 1 amide bonds. The van der Waals surface area contributed by atoms with Crippen LogP contribution in [0, 0.1) is 18.3 Å². The fourth-order valence-corrected chi connectivity index (χ4v) is 2.53. The van der Waals surface area contributed by atoms with Crippen LogP contribution in [0.15, 0.2) is 29.0 Å². The summed E-state index contributed by atoms with van der Waals surface area (Å²) in [6.45, 7) is 5.39. The second-order valence-electron chi connectivity index (χ2n) is 5.09. The summed E-state index contributed by atoms with van der Waals surface area (Å²) in [6.07, 6.45) is 0.550. The van der Waals surface area contributed by atoms with Gasteiger partial charge in [0.1, 0.15) is 5.54 Å². The van der Waals surface area contributed by atoms with E-state index in [1.54, 1.807) is 31.3 Å². The molecule has 0 unspecified atom stereocenters. The zero-order valence-corrected chi connectivity index (χ0v) is 13.1. The Labute approximate surface area is 128 Å². The molecule has 0 bridgehead atoms. The van der Waals surface area contributed by atoms with Gasteiger partial charge in [0, 0.05) is 10.9 Å². The molecule has 0 fully saturated rings. The average molecular weight is 299 g/mol. The van der Waals surface area contributed by atoms with Crippen molar-refractivity contribution < 1.29 is 4.79 Å². The molecule has 1 atom stereocenters. The molecule has 0 radical (unpaired) electrons. The maximum absolute atomic E-state index is 12.3.